The topological polar surface area (TPSA) is 26.8 Å². The van der Waals surface area contributed by atoms with Gasteiger partial charge in [-0.25, -0.2) is 0 Å². The molecule has 2 aliphatic rings. The second-order valence-corrected chi connectivity index (χ2v) is 8.04. The number of hydrogen-bond acceptors (Lipinski definition) is 3. The number of hydrogen-bond donors (Lipinski definition) is 0. The van der Waals surface area contributed by atoms with Crippen molar-refractivity contribution >= 4 is 6.41 Å². The summed E-state index contributed by atoms with van der Waals surface area (Å²) in [6.07, 6.45) is 7.61. The Kier molecular flexibility index (Phi) is 7.09. The molecule has 144 valence electrons. The van der Waals surface area contributed by atoms with Crippen molar-refractivity contribution in [2.45, 2.75) is 64.6 Å². The van der Waals surface area contributed by atoms with Crippen molar-refractivity contribution in [1.82, 2.24) is 14.7 Å². The summed E-state index contributed by atoms with van der Waals surface area (Å²) in [4.78, 5) is 18.6. The van der Waals surface area contributed by atoms with Gasteiger partial charge in [0, 0.05) is 32.2 Å². The number of piperazine rings is 1. The fraction of sp³-hybridized carbons (Fsp3) is 0.682. The molecule has 2 aliphatic heterocycles. The molecule has 3 rings (SSSR count). The molecule has 1 aromatic carbocycles. The van der Waals surface area contributed by atoms with Gasteiger partial charge in [-0.1, -0.05) is 44.0 Å². The van der Waals surface area contributed by atoms with Crippen molar-refractivity contribution in [1.29, 1.82) is 0 Å². The van der Waals surface area contributed by atoms with Crippen LogP contribution in [0.3, 0.4) is 0 Å². The number of amides is 1. The van der Waals surface area contributed by atoms with Gasteiger partial charge in [0.1, 0.15) is 0 Å². The van der Waals surface area contributed by atoms with Crippen LogP contribution in [0.2, 0.25) is 0 Å². The number of carbonyl (C=O) groups excluding carboxylic acids is 1. The molecule has 0 N–H and O–H groups in total. The average Bonchev–Trinajstić information content (AvgIpc) is 2.96. The summed E-state index contributed by atoms with van der Waals surface area (Å²) in [6, 6.07) is 9.79. The molecule has 2 atom stereocenters. The summed E-state index contributed by atoms with van der Waals surface area (Å²) in [5.74, 6) is 0. The minimum absolute atomic E-state index is 0.183. The van der Waals surface area contributed by atoms with E-state index in [2.05, 4.69) is 47.9 Å². The zero-order chi connectivity index (χ0) is 18.4. The van der Waals surface area contributed by atoms with E-state index in [0.29, 0.717) is 6.04 Å². The number of nitrogens with zero attached hydrogens (tertiary/aromatic N) is 3. The Morgan fingerprint density at radius 1 is 1.04 bits per heavy atom. The molecule has 26 heavy (non-hydrogen) atoms. The molecule has 4 heteroatoms. The van der Waals surface area contributed by atoms with Gasteiger partial charge < -0.3 is 4.90 Å². The summed E-state index contributed by atoms with van der Waals surface area (Å²) in [5, 5.41) is 0. The van der Waals surface area contributed by atoms with Gasteiger partial charge in [0.25, 0.3) is 0 Å². The van der Waals surface area contributed by atoms with Gasteiger partial charge in [-0.2, -0.15) is 0 Å². The maximum atomic E-state index is 11.6. The summed E-state index contributed by atoms with van der Waals surface area (Å²) in [7, 11) is 0. The van der Waals surface area contributed by atoms with Crippen LogP contribution in [-0.4, -0.2) is 59.9 Å². The van der Waals surface area contributed by atoms with Crippen molar-refractivity contribution in [3.63, 3.8) is 0 Å². The highest BCUT2D eigenvalue weighted by molar-refractivity contribution is 5.49. The van der Waals surface area contributed by atoms with Gasteiger partial charge in [0.2, 0.25) is 6.41 Å². The molecule has 2 unspecified atom stereocenters. The molecule has 0 saturated carbocycles. The zero-order valence-electron chi connectivity index (χ0n) is 16.6. The van der Waals surface area contributed by atoms with Crippen molar-refractivity contribution in [2.75, 3.05) is 32.7 Å². The fourth-order valence-corrected chi connectivity index (χ4v) is 4.30. The standard InChI is InChI=1S/C22H35N3O/c1-3-19(2)24-14-15-25(18-26)22(17-24)21-10-8-20(9-11-21)16-23-12-6-4-5-7-13-23/h8-11,18-19,22H,3-7,12-17H2,1-2H3. The molecule has 0 aromatic heterocycles. The van der Waals surface area contributed by atoms with Crippen LogP contribution in [0.4, 0.5) is 0 Å². The monoisotopic (exact) mass is 357 g/mol. The first kappa shape index (κ1) is 19.4. The largest absolute Gasteiger partial charge is 0.336 e. The van der Waals surface area contributed by atoms with Gasteiger partial charge in [-0.05, 0) is 50.4 Å². The quantitative estimate of drug-likeness (QED) is 0.727. The fourth-order valence-electron chi connectivity index (χ4n) is 4.30. The Labute approximate surface area is 159 Å². The van der Waals surface area contributed by atoms with Crippen LogP contribution in [0, 0.1) is 0 Å². The van der Waals surface area contributed by atoms with Crippen LogP contribution in [0.25, 0.3) is 0 Å². The predicted molar refractivity (Wildman–Crippen MR) is 107 cm³/mol. The number of likely N-dealkylation sites (tertiary alicyclic amines) is 1. The van der Waals surface area contributed by atoms with E-state index in [-0.39, 0.29) is 6.04 Å². The van der Waals surface area contributed by atoms with E-state index in [1.807, 2.05) is 4.90 Å². The Balaban J connectivity index is 1.66. The molecule has 0 spiro atoms. The summed E-state index contributed by atoms with van der Waals surface area (Å²) in [5.41, 5.74) is 2.66. The third-order valence-electron chi connectivity index (χ3n) is 6.27. The smallest absolute Gasteiger partial charge is 0.210 e. The summed E-state index contributed by atoms with van der Waals surface area (Å²) < 4.78 is 0. The second kappa shape index (κ2) is 9.52. The maximum absolute atomic E-state index is 11.6. The van der Waals surface area contributed by atoms with Crippen LogP contribution in [0.15, 0.2) is 24.3 Å². The molecule has 1 amide bonds. The summed E-state index contributed by atoms with van der Waals surface area (Å²) >= 11 is 0. The van der Waals surface area contributed by atoms with E-state index in [1.165, 1.54) is 49.9 Å². The predicted octanol–water partition coefficient (Wildman–Crippen LogP) is 3.68. The first-order chi connectivity index (χ1) is 12.7. The van der Waals surface area contributed by atoms with Crippen molar-refractivity contribution in [2.24, 2.45) is 0 Å². The molecule has 2 heterocycles. The Morgan fingerprint density at radius 3 is 2.35 bits per heavy atom. The van der Waals surface area contributed by atoms with E-state index in [4.69, 9.17) is 0 Å². The minimum atomic E-state index is 0.183. The average molecular weight is 358 g/mol. The van der Waals surface area contributed by atoms with Gasteiger partial charge in [-0.3, -0.25) is 14.6 Å². The number of rotatable bonds is 6. The third kappa shape index (κ3) is 4.86. The van der Waals surface area contributed by atoms with E-state index in [0.717, 1.165) is 39.0 Å². The van der Waals surface area contributed by atoms with E-state index < -0.39 is 0 Å². The van der Waals surface area contributed by atoms with Gasteiger partial charge in [-0.15, -0.1) is 0 Å². The molecule has 0 bridgehead atoms. The second-order valence-electron chi connectivity index (χ2n) is 8.04. The van der Waals surface area contributed by atoms with Crippen LogP contribution in [-0.2, 0) is 11.3 Å². The summed E-state index contributed by atoms with van der Waals surface area (Å²) in [6.45, 7) is 10.8. The van der Waals surface area contributed by atoms with E-state index in [1.54, 1.807) is 0 Å². The first-order valence-corrected chi connectivity index (χ1v) is 10.5. The van der Waals surface area contributed by atoms with Crippen molar-refractivity contribution in [3.05, 3.63) is 35.4 Å². The first-order valence-electron chi connectivity index (χ1n) is 10.5. The highest BCUT2D eigenvalue weighted by Crippen LogP contribution is 2.26. The lowest BCUT2D eigenvalue weighted by atomic mass is 10.00. The lowest BCUT2D eigenvalue weighted by molar-refractivity contribution is -0.123. The van der Waals surface area contributed by atoms with Crippen molar-refractivity contribution in [3.8, 4) is 0 Å². The Hall–Kier alpha value is -1.39. The maximum Gasteiger partial charge on any atom is 0.210 e. The van der Waals surface area contributed by atoms with Gasteiger partial charge in [0.15, 0.2) is 0 Å². The molecule has 2 fully saturated rings. The molecule has 4 nitrogen and oxygen atoms in total. The normalized spacial score (nSPS) is 24.2. The zero-order valence-corrected chi connectivity index (χ0v) is 16.6. The van der Waals surface area contributed by atoms with Gasteiger partial charge in [0.05, 0.1) is 6.04 Å². The lowest BCUT2D eigenvalue weighted by Gasteiger charge is -2.42. The molecule has 0 radical (unpaired) electrons. The van der Waals surface area contributed by atoms with Crippen LogP contribution < -0.4 is 0 Å². The number of benzene rings is 1. The highest BCUT2D eigenvalue weighted by atomic mass is 16.1. The SMILES string of the molecule is CCC(C)N1CCN(C=O)C(c2ccc(CN3CCCCCC3)cc2)C1. The molecule has 1 aromatic rings. The van der Waals surface area contributed by atoms with E-state index >= 15 is 0 Å². The highest BCUT2D eigenvalue weighted by Gasteiger charge is 2.29. The molecule has 2 saturated heterocycles. The lowest BCUT2D eigenvalue weighted by Crippen LogP contribution is -2.50. The Morgan fingerprint density at radius 2 is 1.73 bits per heavy atom. The van der Waals surface area contributed by atoms with Crippen molar-refractivity contribution < 1.29 is 4.79 Å². The Bertz CT molecular complexity index is 551. The van der Waals surface area contributed by atoms with Crippen LogP contribution in [0.1, 0.15) is 63.1 Å². The molecular weight excluding hydrogens is 322 g/mol. The van der Waals surface area contributed by atoms with Crippen LogP contribution in [0.5, 0.6) is 0 Å². The number of carbonyl (C=O) groups is 1. The minimum Gasteiger partial charge on any atom is -0.336 e. The van der Waals surface area contributed by atoms with Crippen LogP contribution >= 0.6 is 0 Å². The van der Waals surface area contributed by atoms with E-state index in [9.17, 15) is 4.79 Å². The molecular formula is C22H35N3O. The molecule has 0 aliphatic carbocycles. The third-order valence-corrected chi connectivity index (χ3v) is 6.27. The van der Waals surface area contributed by atoms with Gasteiger partial charge >= 0.3 is 0 Å².